The molecule has 1 aromatic carbocycles. The third-order valence-corrected chi connectivity index (χ3v) is 4.36. The van der Waals surface area contributed by atoms with Gasteiger partial charge in [-0.1, -0.05) is 18.6 Å². The van der Waals surface area contributed by atoms with E-state index in [0.29, 0.717) is 19.0 Å². The van der Waals surface area contributed by atoms with Crippen LogP contribution in [0.5, 0.6) is 0 Å². The number of aromatic nitrogens is 3. The Balaban J connectivity index is 0.00000192. The number of halogens is 1. The van der Waals surface area contributed by atoms with Crippen molar-refractivity contribution in [2.45, 2.75) is 25.8 Å². The summed E-state index contributed by atoms with van der Waals surface area (Å²) >= 11 is 0. The number of carbonyl (C=O) groups excluding carboxylic acids is 1. The van der Waals surface area contributed by atoms with Crippen molar-refractivity contribution in [2.24, 2.45) is 17.6 Å². The average molecular weight is 336 g/mol. The standard InChI is InChI=1S/C16H21N5O.ClH/c17-8-13-4-2-6-15(13)16(22)19-9-12-3-1-5-14(7-12)21-11-18-10-20-21;/h1,3,5,7,10-11,13,15H,2,4,6,8-9,17H2,(H,19,22);1H/t13-,15-;/m1./s1. The van der Waals surface area contributed by atoms with Crippen LogP contribution in [0.15, 0.2) is 36.9 Å². The first-order valence-corrected chi connectivity index (χ1v) is 7.69. The first kappa shape index (κ1) is 17.4. The molecule has 0 radical (unpaired) electrons. The van der Waals surface area contributed by atoms with Gasteiger partial charge in [0, 0.05) is 12.5 Å². The van der Waals surface area contributed by atoms with Gasteiger partial charge in [-0.2, -0.15) is 5.10 Å². The maximum atomic E-state index is 12.3. The molecule has 0 saturated heterocycles. The molecule has 3 N–H and O–H groups in total. The van der Waals surface area contributed by atoms with Crippen LogP contribution in [0.25, 0.3) is 5.69 Å². The molecule has 3 rings (SSSR count). The minimum atomic E-state index is 0. The van der Waals surface area contributed by atoms with Gasteiger partial charge in [-0.3, -0.25) is 4.79 Å². The highest BCUT2D eigenvalue weighted by Crippen LogP contribution is 2.31. The molecule has 1 saturated carbocycles. The van der Waals surface area contributed by atoms with Gasteiger partial charge in [-0.05, 0) is 43.0 Å². The van der Waals surface area contributed by atoms with Crippen LogP contribution in [-0.2, 0) is 11.3 Å². The van der Waals surface area contributed by atoms with Gasteiger partial charge in [-0.25, -0.2) is 9.67 Å². The summed E-state index contributed by atoms with van der Waals surface area (Å²) in [5.41, 5.74) is 7.73. The molecule has 1 heterocycles. The second-order valence-corrected chi connectivity index (χ2v) is 5.76. The Kier molecular flexibility index (Phi) is 6.12. The highest BCUT2D eigenvalue weighted by molar-refractivity contribution is 5.85. The Morgan fingerprint density at radius 1 is 1.39 bits per heavy atom. The minimum Gasteiger partial charge on any atom is -0.352 e. The molecule has 124 valence electrons. The number of carbonyl (C=O) groups is 1. The lowest BCUT2D eigenvalue weighted by Crippen LogP contribution is -2.34. The van der Waals surface area contributed by atoms with Crippen molar-refractivity contribution in [3.63, 3.8) is 0 Å². The Bertz CT molecular complexity index is 631. The summed E-state index contributed by atoms with van der Waals surface area (Å²) in [5.74, 6) is 0.532. The number of hydrogen-bond donors (Lipinski definition) is 2. The maximum Gasteiger partial charge on any atom is 0.223 e. The lowest BCUT2D eigenvalue weighted by Gasteiger charge is -2.17. The average Bonchev–Trinajstić information content (AvgIpc) is 3.23. The fraction of sp³-hybridized carbons (Fsp3) is 0.438. The summed E-state index contributed by atoms with van der Waals surface area (Å²) in [6, 6.07) is 7.91. The summed E-state index contributed by atoms with van der Waals surface area (Å²) in [5, 5.41) is 7.15. The predicted molar refractivity (Wildman–Crippen MR) is 90.3 cm³/mol. The molecule has 6 nitrogen and oxygen atoms in total. The van der Waals surface area contributed by atoms with E-state index < -0.39 is 0 Å². The van der Waals surface area contributed by atoms with E-state index >= 15 is 0 Å². The van der Waals surface area contributed by atoms with Crippen molar-refractivity contribution in [3.05, 3.63) is 42.5 Å². The lowest BCUT2D eigenvalue weighted by atomic mass is 9.95. The summed E-state index contributed by atoms with van der Waals surface area (Å²) < 4.78 is 1.70. The first-order valence-electron chi connectivity index (χ1n) is 7.69. The summed E-state index contributed by atoms with van der Waals surface area (Å²) in [4.78, 5) is 16.3. The van der Waals surface area contributed by atoms with E-state index in [1.54, 1.807) is 11.0 Å². The van der Waals surface area contributed by atoms with E-state index in [-0.39, 0.29) is 24.2 Å². The molecule has 2 aromatic rings. The zero-order valence-corrected chi connectivity index (χ0v) is 13.7. The molecule has 7 heteroatoms. The summed E-state index contributed by atoms with van der Waals surface area (Å²) in [6.45, 7) is 1.12. The monoisotopic (exact) mass is 335 g/mol. The highest BCUT2D eigenvalue weighted by atomic mass is 35.5. The zero-order valence-electron chi connectivity index (χ0n) is 12.9. The smallest absolute Gasteiger partial charge is 0.223 e. The van der Waals surface area contributed by atoms with Gasteiger partial charge in [0.15, 0.2) is 0 Å². The quantitative estimate of drug-likeness (QED) is 0.870. The topological polar surface area (TPSA) is 85.8 Å². The Morgan fingerprint density at radius 2 is 2.26 bits per heavy atom. The molecular weight excluding hydrogens is 314 g/mol. The van der Waals surface area contributed by atoms with Crippen LogP contribution in [0.4, 0.5) is 0 Å². The SMILES string of the molecule is Cl.NC[C@H]1CCC[C@H]1C(=O)NCc1cccc(-n2cncn2)c1. The Labute approximate surface area is 141 Å². The van der Waals surface area contributed by atoms with Crippen molar-refractivity contribution < 1.29 is 4.79 Å². The molecular formula is C16H22ClN5O. The number of hydrogen-bond acceptors (Lipinski definition) is 4. The number of benzene rings is 1. The number of nitrogens with zero attached hydrogens (tertiary/aromatic N) is 3. The third-order valence-electron chi connectivity index (χ3n) is 4.36. The van der Waals surface area contributed by atoms with Crippen molar-refractivity contribution in [1.29, 1.82) is 0 Å². The van der Waals surface area contributed by atoms with Crippen molar-refractivity contribution in [3.8, 4) is 5.69 Å². The van der Waals surface area contributed by atoms with Crippen LogP contribution in [0.2, 0.25) is 0 Å². The molecule has 0 unspecified atom stereocenters. The van der Waals surface area contributed by atoms with Gasteiger partial charge in [0.2, 0.25) is 5.91 Å². The van der Waals surface area contributed by atoms with Crippen LogP contribution in [0.1, 0.15) is 24.8 Å². The fourth-order valence-electron chi connectivity index (χ4n) is 3.13. The third kappa shape index (κ3) is 4.09. The Morgan fingerprint density at radius 3 is 3.00 bits per heavy atom. The summed E-state index contributed by atoms with van der Waals surface area (Å²) in [6.07, 6.45) is 6.27. The second kappa shape index (κ2) is 8.08. The van der Waals surface area contributed by atoms with E-state index in [1.165, 1.54) is 6.33 Å². The van der Waals surface area contributed by atoms with E-state index in [2.05, 4.69) is 15.4 Å². The molecule has 1 fully saturated rings. The number of nitrogens with one attached hydrogen (secondary N) is 1. The molecule has 1 aliphatic rings. The highest BCUT2D eigenvalue weighted by Gasteiger charge is 2.31. The number of nitrogens with two attached hydrogens (primary N) is 1. The molecule has 0 spiro atoms. The van der Waals surface area contributed by atoms with E-state index in [4.69, 9.17) is 5.73 Å². The van der Waals surface area contributed by atoms with Crippen molar-refractivity contribution in [2.75, 3.05) is 6.54 Å². The fourth-order valence-corrected chi connectivity index (χ4v) is 3.13. The molecule has 2 atom stereocenters. The summed E-state index contributed by atoms with van der Waals surface area (Å²) in [7, 11) is 0. The van der Waals surface area contributed by atoms with Crippen molar-refractivity contribution >= 4 is 18.3 Å². The van der Waals surface area contributed by atoms with Crippen LogP contribution < -0.4 is 11.1 Å². The molecule has 1 aliphatic carbocycles. The normalized spacial score (nSPS) is 20.0. The molecule has 0 bridgehead atoms. The largest absolute Gasteiger partial charge is 0.352 e. The number of rotatable bonds is 5. The van der Waals surface area contributed by atoms with E-state index in [9.17, 15) is 4.79 Å². The van der Waals surface area contributed by atoms with Gasteiger partial charge in [0.05, 0.1) is 5.69 Å². The minimum absolute atomic E-state index is 0. The van der Waals surface area contributed by atoms with Gasteiger partial charge in [-0.15, -0.1) is 12.4 Å². The lowest BCUT2D eigenvalue weighted by molar-refractivity contribution is -0.126. The molecule has 1 aromatic heterocycles. The van der Waals surface area contributed by atoms with Crippen LogP contribution in [0.3, 0.4) is 0 Å². The van der Waals surface area contributed by atoms with Crippen molar-refractivity contribution in [1.82, 2.24) is 20.1 Å². The molecule has 23 heavy (non-hydrogen) atoms. The molecule has 0 aliphatic heterocycles. The van der Waals surface area contributed by atoms with Gasteiger partial charge in [0.25, 0.3) is 0 Å². The van der Waals surface area contributed by atoms with Gasteiger partial charge < -0.3 is 11.1 Å². The first-order chi connectivity index (χ1) is 10.8. The zero-order chi connectivity index (χ0) is 15.4. The predicted octanol–water partition coefficient (Wildman–Crippen LogP) is 1.68. The maximum absolute atomic E-state index is 12.3. The number of amides is 1. The molecule has 1 amide bonds. The van der Waals surface area contributed by atoms with Gasteiger partial charge in [0.1, 0.15) is 12.7 Å². The van der Waals surface area contributed by atoms with E-state index in [0.717, 1.165) is 30.5 Å². The Hall–Kier alpha value is -1.92. The van der Waals surface area contributed by atoms with Crippen LogP contribution >= 0.6 is 12.4 Å². The van der Waals surface area contributed by atoms with E-state index in [1.807, 2.05) is 24.3 Å². The van der Waals surface area contributed by atoms with Crippen LogP contribution in [-0.4, -0.2) is 27.2 Å². The van der Waals surface area contributed by atoms with Crippen LogP contribution in [0, 0.1) is 11.8 Å². The van der Waals surface area contributed by atoms with Gasteiger partial charge >= 0.3 is 0 Å². The second-order valence-electron chi connectivity index (χ2n) is 5.76.